The maximum Gasteiger partial charge on any atom is 0.253 e. The molecular weight excluding hydrogens is 1260 g/mol. The highest BCUT2D eigenvalue weighted by atomic mass is 32.2. The minimum Gasteiger partial charge on any atom is -0.489 e. The summed E-state index contributed by atoms with van der Waals surface area (Å²) in [6.07, 6.45) is -4.16. The zero-order chi connectivity index (χ0) is 69.7. The van der Waals surface area contributed by atoms with Crippen molar-refractivity contribution in [3.05, 3.63) is 65.7 Å². The zero-order valence-corrected chi connectivity index (χ0v) is 54.4. The Morgan fingerprint density at radius 3 is 2.12 bits per heavy atom. The number of carbonyl (C=O) groups is 14. The topological polar surface area (TPSA) is 458 Å². The molecule has 30 nitrogen and oxygen atoms in total. The summed E-state index contributed by atoms with van der Waals surface area (Å²) >= 11 is 0. The largest absolute Gasteiger partial charge is 0.489 e. The number of ketones is 3. The molecule has 11 amide bonds. The second-order valence-corrected chi connectivity index (χ2v) is 26.4. The number of aromatic amines is 1. The first kappa shape index (κ1) is 73.3. The Kier molecular flexibility index (Phi) is 25.4. The average Bonchev–Trinajstić information content (AvgIpc) is 1.65. The van der Waals surface area contributed by atoms with Crippen LogP contribution >= 0.6 is 0 Å². The number of imide groups is 1. The third-order valence-electron chi connectivity index (χ3n) is 17.5. The highest BCUT2D eigenvalue weighted by molar-refractivity contribution is 7.85. The van der Waals surface area contributed by atoms with Crippen molar-refractivity contribution in [1.82, 2.24) is 46.7 Å². The van der Waals surface area contributed by atoms with Gasteiger partial charge in [-0.3, -0.25) is 76.2 Å². The van der Waals surface area contributed by atoms with Crippen LogP contribution in [0.1, 0.15) is 97.6 Å². The SMILES string of the molecule is CC[C@H](C)[C@@H]1NC(=O)CNC(=O)C2CC(=O)[C@H]([C@@H](C)[C@@H](O)CO)NC(=O)[C@@H]3CC(O)CN3C(=O)[C@H](CC(N)=O)CC(=O)C(CS(=O)c3[nH]c4cc(OCc5ccc(NC(=O)[C@H](C)CC(=O)[C@@H](NC(=O)CCN6C(=O)C=CC6=O)C(C)C)cc5)ccc4c3C2)NC(=O)CNC1=O. The van der Waals surface area contributed by atoms with Gasteiger partial charge in [-0.2, -0.15) is 0 Å². The average molecular weight is 1340 g/mol. The standard InChI is InChI=1S/C64H83N11O19S/c1-7-32(4)57-62(91)67-25-52(84)69-44-30-95(93)63-42(19-36(60(89)66-26-53(85)72-57)20-48(80)58(34(6)49(81)28-76)73-61(90)45-23-39(77)27-75(45)64(92)37(21-46(44)78)22-50(65)82)41-13-12-40(24-43(41)70-63)94-29-35-8-10-38(11-9-35)68-59(88)33(5)18-47(79)56(31(2)3)71-51(83)16-17-74-54(86)14-15-55(74)87/h8-15,24,31-34,36-37,39,44-45,49,56-58,70,76-77,81H,7,16-23,25-30H2,1-6H3,(H2,65,82)(H,66,89)(H,67,91)(H,68,88)(H,69,84)(H,71,83)(H,72,85)(H,73,90)/t32-,33+,34-,36?,37-,39?,44?,45-,49-,56-,57-,58-,95?/m0/s1. The zero-order valence-electron chi connectivity index (χ0n) is 53.6. The molecule has 95 heavy (non-hydrogen) atoms. The van der Waals surface area contributed by atoms with Crippen LogP contribution in [0.15, 0.2) is 59.6 Å². The summed E-state index contributed by atoms with van der Waals surface area (Å²) in [5.74, 6) is -17.7. The molecule has 1 fully saturated rings. The molecule has 2 aromatic carbocycles. The van der Waals surface area contributed by atoms with Gasteiger partial charge in [0.05, 0.1) is 78.0 Å². The number of amides is 11. The molecule has 5 heterocycles. The molecule has 7 rings (SSSR count). The lowest BCUT2D eigenvalue weighted by molar-refractivity contribution is -0.145. The van der Waals surface area contributed by atoms with Crippen LogP contribution in [-0.2, 0) is 91.0 Å². The lowest BCUT2D eigenvalue weighted by Crippen LogP contribution is -2.56. The maximum atomic E-state index is 15.2. The van der Waals surface area contributed by atoms with E-state index in [1.165, 1.54) is 13.0 Å². The van der Waals surface area contributed by atoms with Crippen LogP contribution in [0, 0.1) is 35.5 Å². The van der Waals surface area contributed by atoms with Gasteiger partial charge in [0.25, 0.3) is 11.8 Å². The van der Waals surface area contributed by atoms with E-state index < -0.39 is 229 Å². The summed E-state index contributed by atoms with van der Waals surface area (Å²) in [4.78, 5) is 196. The first-order chi connectivity index (χ1) is 45.0. The van der Waals surface area contributed by atoms with E-state index in [-0.39, 0.29) is 53.8 Å². The number of aliphatic hydroxyl groups excluding tert-OH is 3. The summed E-state index contributed by atoms with van der Waals surface area (Å²) in [5.41, 5.74) is 6.99. The Morgan fingerprint density at radius 2 is 1.47 bits per heavy atom. The van der Waals surface area contributed by atoms with Crippen LogP contribution in [0.2, 0.25) is 0 Å². The lowest BCUT2D eigenvalue weighted by Gasteiger charge is -2.32. The molecule has 2 bridgehead atoms. The third kappa shape index (κ3) is 19.1. The number of aliphatic hydroxyl groups is 3. The lowest BCUT2D eigenvalue weighted by atomic mass is 9.85. The first-order valence-corrected chi connectivity index (χ1v) is 32.8. The van der Waals surface area contributed by atoms with E-state index in [1.807, 2.05) is 0 Å². The van der Waals surface area contributed by atoms with Gasteiger partial charge in [-0.25, -0.2) is 0 Å². The van der Waals surface area contributed by atoms with E-state index in [0.717, 1.165) is 22.0 Å². The molecule has 0 aliphatic carbocycles. The smallest absolute Gasteiger partial charge is 0.253 e. The molecule has 1 aromatic heterocycles. The van der Waals surface area contributed by atoms with Crippen molar-refractivity contribution >= 4 is 110 Å². The molecule has 1 saturated heterocycles. The molecule has 4 aliphatic heterocycles. The summed E-state index contributed by atoms with van der Waals surface area (Å²) in [6.45, 7) is 6.59. The monoisotopic (exact) mass is 1340 g/mol. The molecule has 0 radical (unpaired) electrons. The van der Waals surface area contributed by atoms with E-state index in [4.69, 9.17) is 10.5 Å². The fraction of sp³-hybridized carbons (Fsp3) is 0.531. The molecule has 0 saturated carbocycles. The minimum atomic E-state index is -2.41. The van der Waals surface area contributed by atoms with E-state index in [2.05, 4.69) is 42.2 Å². The van der Waals surface area contributed by atoms with Crippen molar-refractivity contribution in [2.75, 3.05) is 43.9 Å². The van der Waals surface area contributed by atoms with Crippen molar-refractivity contribution in [2.24, 2.45) is 41.2 Å². The number of hydrogen-bond donors (Lipinski definition) is 12. The van der Waals surface area contributed by atoms with Gasteiger partial charge >= 0.3 is 0 Å². The van der Waals surface area contributed by atoms with Gasteiger partial charge in [0, 0.05) is 98.7 Å². The number of hydrogen-bond acceptors (Lipinski definition) is 19. The predicted octanol–water partition coefficient (Wildman–Crippen LogP) is -1.88. The highest BCUT2D eigenvalue weighted by Crippen LogP contribution is 2.34. The number of aromatic nitrogens is 1. The Morgan fingerprint density at radius 1 is 0.811 bits per heavy atom. The van der Waals surface area contributed by atoms with Crippen LogP contribution in [-0.4, -0.2) is 198 Å². The molecule has 3 aromatic rings. The second-order valence-electron chi connectivity index (χ2n) is 25.0. The molecular formula is C64H83N11O19S. The first-order valence-electron chi connectivity index (χ1n) is 31.4. The van der Waals surface area contributed by atoms with Gasteiger partial charge in [-0.15, -0.1) is 0 Å². The number of anilines is 1. The van der Waals surface area contributed by atoms with Gasteiger partial charge in [-0.1, -0.05) is 60.1 Å². The number of rotatable bonds is 20. The highest BCUT2D eigenvalue weighted by Gasteiger charge is 2.45. The Labute approximate surface area is 549 Å². The third-order valence-corrected chi connectivity index (χ3v) is 18.9. The fourth-order valence-corrected chi connectivity index (χ4v) is 13.1. The summed E-state index contributed by atoms with van der Waals surface area (Å²) in [6, 6.07) is 3.96. The number of Topliss-reactive ketones (excluding diaryl/α,β-unsaturated/α-hetero) is 3. The minimum absolute atomic E-state index is 0.0553. The summed E-state index contributed by atoms with van der Waals surface area (Å²) in [5, 5.41) is 50.2. The quantitative estimate of drug-likeness (QED) is 0.0551. The predicted molar refractivity (Wildman–Crippen MR) is 338 cm³/mol. The Bertz CT molecular complexity index is 3520. The van der Waals surface area contributed by atoms with Crippen molar-refractivity contribution in [3.63, 3.8) is 0 Å². The molecule has 4 aliphatic rings. The summed E-state index contributed by atoms with van der Waals surface area (Å²) < 4.78 is 21.4. The van der Waals surface area contributed by atoms with Crippen molar-refractivity contribution < 1.29 is 91.4 Å². The van der Waals surface area contributed by atoms with E-state index in [9.17, 15) is 82.4 Å². The van der Waals surface area contributed by atoms with E-state index in [1.54, 1.807) is 71.0 Å². The van der Waals surface area contributed by atoms with Crippen LogP contribution in [0.3, 0.4) is 0 Å². The number of nitrogens with two attached hydrogens (primary N) is 1. The number of H-pyrrole nitrogens is 1. The number of fused-ring (bicyclic) bond motifs is 5. The van der Waals surface area contributed by atoms with Gasteiger partial charge in [0.2, 0.25) is 53.2 Å². The van der Waals surface area contributed by atoms with Crippen molar-refractivity contribution in [1.29, 1.82) is 0 Å². The number of nitrogens with zero attached hydrogens (tertiary/aromatic N) is 2. The number of carbonyl (C=O) groups excluding carboxylic acids is 14. The molecule has 514 valence electrons. The number of ether oxygens (including phenoxy) is 1. The Hall–Kier alpha value is -9.07. The van der Waals surface area contributed by atoms with Crippen molar-refractivity contribution in [2.45, 2.75) is 147 Å². The fourth-order valence-electron chi connectivity index (χ4n) is 11.7. The van der Waals surface area contributed by atoms with Gasteiger partial charge in [-0.05, 0) is 53.6 Å². The van der Waals surface area contributed by atoms with E-state index in [0.29, 0.717) is 23.1 Å². The molecule has 31 heteroatoms. The van der Waals surface area contributed by atoms with Crippen LogP contribution in [0.5, 0.6) is 5.75 Å². The van der Waals surface area contributed by atoms with E-state index >= 15 is 4.21 Å². The van der Waals surface area contributed by atoms with Gasteiger partial charge in [0.1, 0.15) is 29.5 Å². The van der Waals surface area contributed by atoms with Gasteiger partial charge < -0.3 is 72.9 Å². The van der Waals surface area contributed by atoms with Gasteiger partial charge in [0.15, 0.2) is 17.3 Å². The normalized spacial score (nSPS) is 24.5. The molecule has 0 spiro atoms. The molecule has 4 unspecified atom stereocenters. The van der Waals surface area contributed by atoms with Crippen LogP contribution < -0.4 is 47.7 Å². The molecule has 13 atom stereocenters. The number of primary amides is 1. The van der Waals surface area contributed by atoms with Crippen LogP contribution in [0.25, 0.3) is 10.9 Å². The maximum absolute atomic E-state index is 15.2. The number of nitrogens with one attached hydrogen (secondary N) is 8. The second kappa shape index (κ2) is 32.9. The van der Waals surface area contributed by atoms with Crippen molar-refractivity contribution in [3.8, 4) is 5.75 Å². The Balaban J connectivity index is 1.19. The molecule has 13 N–H and O–H groups in total. The summed E-state index contributed by atoms with van der Waals surface area (Å²) in [7, 11) is -2.41. The van der Waals surface area contributed by atoms with Crippen LogP contribution in [0.4, 0.5) is 5.69 Å². The number of benzene rings is 2.